The molecule has 26 heavy (non-hydrogen) atoms. The summed E-state index contributed by atoms with van der Waals surface area (Å²) in [5.74, 6) is 0.726. The van der Waals surface area contributed by atoms with Gasteiger partial charge in [-0.25, -0.2) is 0 Å². The Morgan fingerprint density at radius 1 is 1.19 bits per heavy atom. The summed E-state index contributed by atoms with van der Waals surface area (Å²) in [4.78, 5) is 16.6. The zero-order chi connectivity index (χ0) is 18.5. The van der Waals surface area contributed by atoms with Crippen LogP contribution in [0.4, 0.5) is 5.69 Å². The van der Waals surface area contributed by atoms with Crippen LogP contribution in [0.1, 0.15) is 19.4 Å². The van der Waals surface area contributed by atoms with Gasteiger partial charge in [-0.3, -0.25) is 9.78 Å². The largest absolute Gasteiger partial charge is 0.325 e. The maximum Gasteiger partial charge on any atom is 0.237 e. The molecule has 3 aromatic rings. The van der Waals surface area contributed by atoms with E-state index < -0.39 is 0 Å². The second kappa shape index (κ2) is 8.14. The molecule has 0 fully saturated rings. The first-order chi connectivity index (χ1) is 12.6. The number of anilines is 1. The Balaban J connectivity index is 1.75. The minimum absolute atomic E-state index is 0.0552. The molecule has 0 radical (unpaired) electrons. The first kappa shape index (κ1) is 18.1. The molecule has 0 aliphatic rings. The van der Waals surface area contributed by atoms with Crippen LogP contribution in [0, 0.1) is 6.92 Å². The van der Waals surface area contributed by atoms with E-state index in [-0.39, 0.29) is 11.2 Å². The van der Waals surface area contributed by atoms with Crippen LogP contribution in [0.3, 0.4) is 0 Å². The Labute approximate surface area is 157 Å². The summed E-state index contributed by atoms with van der Waals surface area (Å²) in [6.07, 6.45) is 3.46. The van der Waals surface area contributed by atoms with Gasteiger partial charge in [0.15, 0.2) is 11.0 Å². The number of benzene rings is 1. The van der Waals surface area contributed by atoms with Crippen LogP contribution in [0.25, 0.3) is 11.4 Å². The van der Waals surface area contributed by atoms with Gasteiger partial charge in [-0.2, -0.15) is 0 Å². The molecule has 1 atom stereocenters. The first-order valence-electron chi connectivity index (χ1n) is 8.47. The third-order valence-corrected chi connectivity index (χ3v) is 5.11. The van der Waals surface area contributed by atoms with Crippen LogP contribution >= 0.6 is 11.8 Å². The normalized spacial score (nSPS) is 12.0. The van der Waals surface area contributed by atoms with E-state index in [9.17, 15) is 4.79 Å². The number of aromatic nitrogens is 4. The Morgan fingerprint density at radius 2 is 1.92 bits per heavy atom. The van der Waals surface area contributed by atoms with Crippen molar-refractivity contribution in [1.82, 2.24) is 19.7 Å². The van der Waals surface area contributed by atoms with Crippen molar-refractivity contribution in [2.75, 3.05) is 5.32 Å². The molecular formula is C19H21N5OS. The summed E-state index contributed by atoms with van der Waals surface area (Å²) >= 11 is 1.41. The fraction of sp³-hybridized carbons (Fsp3) is 0.263. The molecule has 0 aliphatic carbocycles. The average Bonchev–Trinajstić information content (AvgIpc) is 3.06. The summed E-state index contributed by atoms with van der Waals surface area (Å²) in [6.45, 7) is 6.61. The Hall–Kier alpha value is -2.67. The minimum atomic E-state index is -0.297. The molecule has 7 heteroatoms. The van der Waals surface area contributed by atoms with E-state index in [4.69, 9.17) is 0 Å². The van der Waals surface area contributed by atoms with Gasteiger partial charge < -0.3 is 9.88 Å². The van der Waals surface area contributed by atoms with E-state index >= 15 is 0 Å². The zero-order valence-corrected chi connectivity index (χ0v) is 15.8. The molecule has 0 saturated carbocycles. The Kier molecular flexibility index (Phi) is 5.68. The standard InChI is InChI=1S/C19H21N5OS/c1-4-24-17(15-9-11-20-12-10-15)22-23-19(24)26-14(3)18(25)21-16-8-6-5-7-13(16)2/h5-12,14H,4H2,1-3H3,(H,21,25)/t14-/m1/s1. The fourth-order valence-corrected chi connectivity index (χ4v) is 3.45. The van der Waals surface area contributed by atoms with Crippen LogP contribution in [0.2, 0.25) is 0 Å². The predicted molar refractivity (Wildman–Crippen MR) is 104 cm³/mol. The lowest BCUT2D eigenvalue weighted by atomic mass is 10.2. The van der Waals surface area contributed by atoms with Gasteiger partial charge in [0.1, 0.15) is 0 Å². The van der Waals surface area contributed by atoms with Crippen molar-refractivity contribution in [3.8, 4) is 11.4 Å². The first-order valence-corrected chi connectivity index (χ1v) is 9.35. The van der Waals surface area contributed by atoms with Crippen LogP contribution in [0.15, 0.2) is 53.9 Å². The third kappa shape index (κ3) is 3.94. The molecule has 2 aromatic heterocycles. The lowest BCUT2D eigenvalue weighted by Gasteiger charge is -2.14. The molecule has 134 valence electrons. The maximum atomic E-state index is 12.5. The molecule has 1 aromatic carbocycles. The molecule has 0 saturated heterocycles. The smallest absolute Gasteiger partial charge is 0.237 e. The van der Waals surface area contributed by atoms with Crippen molar-refractivity contribution < 1.29 is 4.79 Å². The van der Waals surface area contributed by atoms with Gasteiger partial charge in [0, 0.05) is 30.2 Å². The number of aryl methyl sites for hydroxylation is 1. The lowest BCUT2D eigenvalue weighted by Crippen LogP contribution is -2.23. The van der Waals surface area contributed by atoms with Crippen molar-refractivity contribution >= 4 is 23.4 Å². The van der Waals surface area contributed by atoms with E-state index in [1.165, 1.54) is 11.8 Å². The second-order valence-electron chi connectivity index (χ2n) is 5.85. The molecular weight excluding hydrogens is 346 g/mol. The summed E-state index contributed by atoms with van der Waals surface area (Å²) in [5, 5.41) is 12.0. The number of nitrogens with one attached hydrogen (secondary N) is 1. The predicted octanol–water partition coefficient (Wildman–Crippen LogP) is 3.79. The monoisotopic (exact) mass is 367 g/mol. The molecule has 1 N–H and O–H groups in total. The summed E-state index contributed by atoms with van der Waals surface area (Å²) in [6, 6.07) is 11.5. The highest BCUT2D eigenvalue weighted by Gasteiger charge is 2.20. The fourth-order valence-electron chi connectivity index (χ4n) is 2.53. The van der Waals surface area contributed by atoms with Gasteiger partial charge in [0.2, 0.25) is 5.91 Å². The maximum absolute atomic E-state index is 12.5. The lowest BCUT2D eigenvalue weighted by molar-refractivity contribution is -0.115. The summed E-state index contributed by atoms with van der Waals surface area (Å²) in [7, 11) is 0. The molecule has 1 amide bonds. The molecule has 3 rings (SSSR count). The molecule has 0 unspecified atom stereocenters. The number of thioether (sulfide) groups is 1. The van der Waals surface area contributed by atoms with Crippen LogP contribution < -0.4 is 5.32 Å². The van der Waals surface area contributed by atoms with E-state index in [0.29, 0.717) is 0 Å². The second-order valence-corrected chi connectivity index (χ2v) is 7.16. The van der Waals surface area contributed by atoms with Gasteiger partial charge >= 0.3 is 0 Å². The molecule has 0 aliphatic heterocycles. The number of nitrogens with zero attached hydrogens (tertiary/aromatic N) is 4. The van der Waals surface area contributed by atoms with Crippen molar-refractivity contribution in [3.63, 3.8) is 0 Å². The third-order valence-electron chi connectivity index (χ3n) is 4.03. The van der Waals surface area contributed by atoms with Gasteiger partial charge in [-0.1, -0.05) is 30.0 Å². The minimum Gasteiger partial charge on any atom is -0.325 e. The number of carbonyl (C=O) groups is 1. The number of rotatable bonds is 6. The number of carbonyl (C=O) groups excluding carboxylic acids is 1. The number of para-hydroxylation sites is 1. The average molecular weight is 367 g/mol. The van der Waals surface area contributed by atoms with E-state index in [1.807, 2.05) is 61.7 Å². The quantitative estimate of drug-likeness (QED) is 0.671. The Morgan fingerprint density at radius 3 is 2.62 bits per heavy atom. The van der Waals surface area contributed by atoms with Gasteiger partial charge in [-0.05, 0) is 44.5 Å². The van der Waals surface area contributed by atoms with Crippen LogP contribution in [-0.2, 0) is 11.3 Å². The molecule has 0 spiro atoms. The molecule has 0 bridgehead atoms. The highest BCUT2D eigenvalue weighted by Crippen LogP contribution is 2.27. The molecule has 6 nitrogen and oxygen atoms in total. The summed E-state index contributed by atoms with van der Waals surface area (Å²) < 4.78 is 2.01. The Bertz CT molecular complexity index is 894. The van der Waals surface area contributed by atoms with Crippen molar-refractivity contribution in [2.24, 2.45) is 0 Å². The van der Waals surface area contributed by atoms with E-state index in [2.05, 4.69) is 20.5 Å². The highest BCUT2D eigenvalue weighted by atomic mass is 32.2. The number of hydrogen-bond acceptors (Lipinski definition) is 5. The van der Waals surface area contributed by atoms with Crippen molar-refractivity contribution in [3.05, 3.63) is 54.4 Å². The van der Waals surface area contributed by atoms with Gasteiger partial charge in [-0.15, -0.1) is 10.2 Å². The number of hydrogen-bond donors (Lipinski definition) is 1. The number of amides is 1. The topological polar surface area (TPSA) is 72.7 Å². The summed E-state index contributed by atoms with van der Waals surface area (Å²) in [5.41, 5.74) is 2.83. The van der Waals surface area contributed by atoms with Crippen LogP contribution in [0.5, 0.6) is 0 Å². The zero-order valence-electron chi connectivity index (χ0n) is 15.0. The SMILES string of the molecule is CCn1c(S[C@H](C)C(=O)Nc2ccccc2C)nnc1-c1ccncc1. The van der Waals surface area contributed by atoms with Gasteiger partial charge in [0.05, 0.1) is 5.25 Å². The van der Waals surface area contributed by atoms with Crippen molar-refractivity contribution in [2.45, 2.75) is 37.7 Å². The van der Waals surface area contributed by atoms with E-state index in [0.717, 1.165) is 34.3 Å². The number of pyridine rings is 1. The van der Waals surface area contributed by atoms with Crippen molar-refractivity contribution in [1.29, 1.82) is 0 Å². The highest BCUT2D eigenvalue weighted by molar-refractivity contribution is 8.00. The molecule has 2 heterocycles. The van der Waals surface area contributed by atoms with Gasteiger partial charge in [0.25, 0.3) is 0 Å². The van der Waals surface area contributed by atoms with Crippen LogP contribution in [-0.4, -0.2) is 30.9 Å². The van der Waals surface area contributed by atoms with E-state index in [1.54, 1.807) is 12.4 Å².